The Labute approximate surface area is 82.7 Å². The van der Waals surface area contributed by atoms with Crippen LogP contribution in [0, 0.1) is 0 Å². The summed E-state index contributed by atoms with van der Waals surface area (Å²) in [6.07, 6.45) is 6.81. The molecule has 0 radical (unpaired) electrons. The van der Waals surface area contributed by atoms with Crippen molar-refractivity contribution in [1.29, 1.82) is 0 Å². The largest absolute Gasteiger partial charge is 0.315 e. The molecule has 1 N–H and O–H groups in total. The number of unbranched alkanes of at least 4 members (excludes halogenated alkanes) is 2. The second kappa shape index (κ2) is 6.39. The number of likely N-dealkylation sites (tertiary alicyclic amines) is 1. The van der Waals surface area contributed by atoms with E-state index in [1.54, 1.807) is 0 Å². The summed E-state index contributed by atoms with van der Waals surface area (Å²) in [4.78, 5) is 2.48. The van der Waals surface area contributed by atoms with Crippen molar-refractivity contribution in [3.63, 3.8) is 0 Å². The lowest BCUT2D eigenvalue weighted by atomic mass is 10.2. The van der Waals surface area contributed by atoms with Gasteiger partial charge in [0.1, 0.15) is 0 Å². The molecule has 1 fully saturated rings. The van der Waals surface area contributed by atoms with Gasteiger partial charge in [-0.2, -0.15) is 0 Å². The summed E-state index contributed by atoms with van der Waals surface area (Å²) in [5, 5.41) is 3.55. The van der Waals surface area contributed by atoms with Gasteiger partial charge in [0.05, 0.1) is 0 Å². The summed E-state index contributed by atoms with van der Waals surface area (Å²) in [6, 6.07) is 0.807. The van der Waals surface area contributed by atoms with Crippen LogP contribution in [0.2, 0.25) is 0 Å². The van der Waals surface area contributed by atoms with E-state index in [2.05, 4.69) is 24.2 Å². The third-order valence-corrected chi connectivity index (χ3v) is 3.01. The number of hydrogen-bond donors (Lipinski definition) is 1. The smallest absolute Gasteiger partial charge is 0.0218 e. The van der Waals surface area contributed by atoms with E-state index < -0.39 is 0 Å². The van der Waals surface area contributed by atoms with Gasteiger partial charge in [0.25, 0.3) is 0 Å². The van der Waals surface area contributed by atoms with Crippen LogP contribution in [-0.2, 0) is 0 Å². The Kier molecular flexibility index (Phi) is 5.40. The summed E-state index contributed by atoms with van der Waals surface area (Å²) in [5.74, 6) is 0. The van der Waals surface area contributed by atoms with E-state index in [1.165, 1.54) is 51.7 Å². The van der Waals surface area contributed by atoms with Crippen LogP contribution in [0.5, 0.6) is 0 Å². The zero-order valence-corrected chi connectivity index (χ0v) is 9.18. The normalized spacial score (nSPS) is 24.0. The van der Waals surface area contributed by atoms with Crippen molar-refractivity contribution in [2.24, 2.45) is 0 Å². The number of hydrogen-bond acceptors (Lipinski definition) is 2. The monoisotopic (exact) mass is 184 g/mol. The molecule has 0 aromatic carbocycles. The van der Waals surface area contributed by atoms with Gasteiger partial charge < -0.3 is 10.2 Å². The Hall–Kier alpha value is -0.0800. The molecule has 1 aliphatic heterocycles. The van der Waals surface area contributed by atoms with E-state index in [1.807, 2.05) is 0 Å². The molecule has 0 aliphatic carbocycles. The van der Waals surface area contributed by atoms with Crippen LogP contribution in [0.15, 0.2) is 0 Å². The predicted molar refractivity (Wildman–Crippen MR) is 58.0 cm³/mol. The van der Waals surface area contributed by atoms with Crippen molar-refractivity contribution < 1.29 is 0 Å². The van der Waals surface area contributed by atoms with E-state index in [4.69, 9.17) is 0 Å². The van der Waals surface area contributed by atoms with Crippen LogP contribution in [0.1, 0.15) is 39.0 Å². The molecular weight excluding hydrogens is 160 g/mol. The molecule has 13 heavy (non-hydrogen) atoms. The highest BCUT2D eigenvalue weighted by molar-refractivity contribution is 4.77. The highest BCUT2D eigenvalue weighted by atomic mass is 15.2. The van der Waals surface area contributed by atoms with E-state index in [0.717, 1.165) is 6.04 Å². The van der Waals surface area contributed by atoms with Crippen molar-refractivity contribution in [2.75, 3.05) is 26.7 Å². The lowest BCUT2D eigenvalue weighted by molar-refractivity contribution is 0.300. The molecule has 78 valence electrons. The maximum atomic E-state index is 3.55. The molecule has 1 heterocycles. The molecular formula is C11H24N2. The van der Waals surface area contributed by atoms with Gasteiger partial charge in [0, 0.05) is 12.6 Å². The van der Waals surface area contributed by atoms with Gasteiger partial charge in [-0.3, -0.25) is 0 Å². The summed E-state index contributed by atoms with van der Waals surface area (Å²) in [7, 11) is 2.24. The van der Waals surface area contributed by atoms with Crippen molar-refractivity contribution in [2.45, 2.75) is 45.1 Å². The number of nitrogens with one attached hydrogen (secondary N) is 1. The van der Waals surface area contributed by atoms with Crippen LogP contribution in [0.3, 0.4) is 0 Å². The molecule has 0 bridgehead atoms. The van der Waals surface area contributed by atoms with E-state index in [9.17, 15) is 0 Å². The van der Waals surface area contributed by atoms with Crippen molar-refractivity contribution in [3.8, 4) is 0 Å². The molecule has 1 saturated heterocycles. The first-order valence-corrected chi connectivity index (χ1v) is 5.75. The Morgan fingerprint density at radius 1 is 1.38 bits per heavy atom. The van der Waals surface area contributed by atoms with Crippen molar-refractivity contribution in [3.05, 3.63) is 0 Å². The lowest BCUT2D eigenvalue weighted by Crippen LogP contribution is -2.35. The zero-order valence-electron chi connectivity index (χ0n) is 9.18. The van der Waals surface area contributed by atoms with Gasteiger partial charge >= 0.3 is 0 Å². The summed E-state index contributed by atoms with van der Waals surface area (Å²) in [6.45, 7) is 5.95. The van der Waals surface area contributed by atoms with Gasteiger partial charge in [-0.25, -0.2) is 0 Å². The second-order valence-electron chi connectivity index (χ2n) is 4.19. The first-order chi connectivity index (χ1) is 6.34. The molecule has 1 atom stereocenters. The fourth-order valence-electron chi connectivity index (χ4n) is 2.01. The average molecular weight is 184 g/mol. The SMILES string of the molecule is CCCCCNCC1CCCN1C. The molecule has 0 aromatic rings. The molecule has 0 aromatic heterocycles. The Balaban J connectivity index is 1.93. The minimum Gasteiger partial charge on any atom is -0.315 e. The predicted octanol–water partition coefficient (Wildman–Crippen LogP) is 1.86. The van der Waals surface area contributed by atoms with Crippen LogP contribution < -0.4 is 5.32 Å². The van der Waals surface area contributed by atoms with Crippen LogP contribution in [-0.4, -0.2) is 37.6 Å². The lowest BCUT2D eigenvalue weighted by Gasteiger charge is -2.19. The Morgan fingerprint density at radius 2 is 2.23 bits per heavy atom. The van der Waals surface area contributed by atoms with Gasteiger partial charge in [0.15, 0.2) is 0 Å². The highest BCUT2D eigenvalue weighted by Gasteiger charge is 2.19. The van der Waals surface area contributed by atoms with Gasteiger partial charge in [0.2, 0.25) is 0 Å². The van der Waals surface area contributed by atoms with Crippen LogP contribution >= 0.6 is 0 Å². The summed E-state index contributed by atoms with van der Waals surface area (Å²) < 4.78 is 0. The minimum absolute atomic E-state index is 0.807. The standard InChI is InChI=1S/C11H24N2/c1-3-4-5-8-12-10-11-7-6-9-13(11)2/h11-12H,3-10H2,1-2H3. The second-order valence-corrected chi connectivity index (χ2v) is 4.19. The van der Waals surface area contributed by atoms with E-state index in [0.29, 0.717) is 0 Å². The Morgan fingerprint density at radius 3 is 2.85 bits per heavy atom. The summed E-state index contributed by atoms with van der Waals surface area (Å²) >= 11 is 0. The number of nitrogens with zero attached hydrogens (tertiary/aromatic N) is 1. The van der Waals surface area contributed by atoms with Gasteiger partial charge in [-0.15, -0.1) is 0 Å². The van der Waals surface area contributed by atoms with Gasteiger partial charge in [-0.05, 0) is 39.4 Å². The fraction of sp³-hybridized carbons (Fsp3) is 1.00. The van der Waals surface area contributed by atoms with Crippen LogP contribution in [0.25, 0.3) is 0 Å². The van der Waals surface area contributed by atoms with Crippen molar-refractivity contribution in [1.82, 2.24) is 10.2 Å². The molecule has 1 unspecified atom stereocenters. The molecule has 0 amide bonds. The molecule has 2 nitrogen and oxygen atoms in total. The van der Waals surface area contributed by atoms with E-state index in [-0.39, 0.29) is 0 Å². The molecule has 0 spiro atoms. The number of rotatable bonds is 6. The molecule has 1 rings (SSSR count). The quantitative estimate of drug-likeness (QED) is 0.634. The zero-order chi connectivity index (χ0) is 9.52. The summed E-state index contributed by atoms with van der Waals surface area (Å²) in [5.41, 5.74) is 0. The van der Waals surface area contributed by atoms with Crippen LogP contribution in [0.4, 0.5) is 0 Å². The highest BCUT2D eigenvalue weighted by Crippen LogP contribution is 2.13. The number of likely N-dealkylation sites (N-methyl/N-ethyl adjacent to an activating group) is 1. The van der Waals surface area contributed by atoms with Crippen molar-refractivity contribution >= 4 is 0 Å². The Bertz CT molecular complexity index is 125. The third kappa shape index (κ3) is 4.10. The topological polar surface area (TPSA) is 15.3 Å². The maximum Gasteiger partial charge on any atom is 0.0218 e. The fourth-order valence-corrected chi connectivity index (χ4v) is 2.01. The van der Waals surface area contributed by atoms with Gasteiger partial charge in [-0.1, -0.05) is 19.8 Å². The molecule has 2 heteroatoms. The first kappa shape index (κ1) is 11.0. The average Bonchev–Trinajstić information content (AvgIpc) is 2.52. The van der Waals surface area contributed by atoms with E-state index >= 15 is 0 Å². The maximum absolute atomic E-state index is 3.55. The molecule has 1 aliphatic rings. The first-order valence-electron chi connectivity index (χ1n) is 5.75. The third-order valence-electron chi connectivity index (χ3n) is 3.01. The molecule has 0 saturated carbocycles. The minimum atomic E-state index is 0.807.